The highest BCUT2D eigenvalue weighted by Crippen LogP contribution is 2.07. The third-order valence-corrected chi connectivity index (χ3v) is 2.61. The summed E-state index contributed by atoms with van der Waals surface area (Å²) in [7, 11) is 0. The molecular weight excluding hydrogens is 228 g/mol. The summed E-state index contributed by atoms with van der Waals surface area (Å²) >= 11 is 0. The van der Waals surface area contributed by atoms with Crippen molar-refractivity contribution in [1.82, 2.24) is 20.1 Å². The van der Waals surface area contributed by atoms with Gasteiger partial charge >= 0.3 is 0 Å². The number of rotatable bonds is 7. The van der Waals surface area contributed by atoms with E-state index in [1.807, 2.05) is 34.9 Å². The molecule has 96 valence electrons. The van der Waals surface area contributed by atoms with Gasteiger partial charge in [0.1, 0.15) is 24.5 Å². The third kappa shape index (κ3) is 3.56. The molecule has 0 bridgehead atoms. The number of hydrogen-bond acceptors (Lipinski definition) is 4. The highest BCUT2D eigenvalue weighted by molar-refractivity contribution is 5.20. The van der Waals surface area contributed by atoms with Gasteiger partial charge in [-0.05, 0) is 19.1 Å². The van der Waals surface area contributed by atoms with E-state index in [2.05, 4.69) is 22.4 Å². The minimum atomic E-state index is 0.643. The molecule has 0 unspecified atom stereocenters. The molecule has 2 aromatic rings. The van der Waals surface area contributed by atoms with E-state index in [9.17, 15) is 0 Å². The van der Waals surface area contributed by atoms with E-state index in [-0.39, 0.29) is 0 Å². The Kier molecular flexibility index (Phi) is 4.72. The molecule has 0 aliphatic heterocycles. The van der Waals surface area contributed by atoms with Crippen molar-refractivity contribution in [3.63, 3.8) is 0 Å². The third-order valence-electron chi connectivity index (χ3n) is 2.61. The molecule has 0 radical (unpaired) electrons. The Morgan fingerprint density at radius 3 is 2.89 bits per heavy atom. The van der Waals surface area contributed by atoms with Crippen LogP contribution in [-0.4, -0.2) is 27.9 Å². The quantitative estimate of drug-likeness (QED) is 0.752. The molecule has 2 rings (SSSR count). The Morgan fingerprint density at radius 2 is 2.11 bits per heavy atom. The number of nitrogens with one attached hydrogen (secondary N) is 1. The number of ether oxygens (including phenoxy) is 1. The number of benzene rings is 1. The monoisotopic (exact) mass is 246 g/mol. The Hall–Kier alpha value is -1.88. The summed E-state index contributed by atoms with van der Waals surface area (Å²) in [6, 6.07) is 9.81. The number of hydrogen-bond donors (Lipinski definition) is 1. The first-order valence-electron chi connectivity index (χ1n) is 6.15. The van der Waals surface area contributed by atoms with E-state index in [0.29, 0.717) is 13.2 Å². The smallest absolute Gasteiger partial charge is 0.146 e. The predicted octanol–water partition coefficient (Wildman–Crippen LogP) is 1.47. The molecule has 0 spiro atoms. The minimum Gasteiger partial charge on any atom is -0.492 e. The van der Waals surface area contributed by atoms with Gasteiger partial charge in [-0.2, -0.15) is 0 Å². The van der Waals surface area contributed by atoms with Crippen molar-refractivity contribution in [2.75, 3.05) is 13.2 Å². The fourth-order valence-corrected chi connectivity index (χ4v) is 1.64. The zero-order valence-corrected chi connectivity index (χ0v) is 10.5. The number of aromatic nitrogens is 3. The summed E-state index contributed by atoms with van der Waals surface area (Å²) in [4.78, 5) is 0. The van der Waals surface area contributed by atoms with Crippen molar-refractivity contribution in [3.05, 3.63) is 42.5 Å². The van der Waals surface area contributed by atoms with Crippen LogP contribution in [0.3, 0.4) is 0 Å². The second-order valence-electron chi connectivity index (χ2n) is 3.87. The fourth-order valence-electron chi connectivity index (χ4n) is 1.64. The molecule has 0 saturated carbocycles. The van der Waals surface area contributed by atoms with Crippen LogP contribution in [0.4, 0.5) is 0 Å². The Labute approximate surface area is 107 Å². The lowest BCUT2D eigenvalue weighted by molar-refractivity contribution is 0.312. The van der Waals surface area contributed by atoms with E-state index >= 15 is 0 Å². The Bertz CT molecular complexity index is 455. The number of para-hydroxylation sites is 1. The Balaban J connectivity index is 1.65. The summed E-state index contributed by atoms with van der Waals surface area (Å²) in [6.45, 7) is 5.11. The van der Waals surface area contributed by atoms with Crippen LogP contribution in [0.15, 0.2) is 36.7 Å². The molecule has 0 aliphatic rings. The van der Waals surface area contributed by atoms with Gasteiger partial charge in [-0.25, -0.2) is 0 Å². The van der Waals surface area contributed by atoms with Gasteiger partial charge in [0.2, 0.25) is 0 Å². The van der Waals surface area contributed by atoms with Gasteiger partial charge < -0.3 is 14.6 Å². The molecule has 5 nitrogen and oxygen atoms in total. The average Bonchev–Trinajstić information content (AvgIpc) is 2.87. The zero-order chi connectivity index (χ0) is 12.6. The van der Waals surface area contributed by atoms with Gasteiger partial charge in [0, 0.05) is 13.1 Å². The summed E-state index contributed by atoms with van der Waals surface area (Å²) in [5.41, 5.74) is 0. The van der Waals surface area contributed by atoms with Crippen LogP contribution < -0.4 is 10.1 Å². The molecule has 5 heteroatoms. The molecule has 1 heterocycles. The predicted molar refractivity (Wildman–Crippen MR) is 69.3 cm³/mol. The van der Waals surface area contributed by atoms with Crippen LogP contribution >= 0.6 is 0 Å². The SMILES string of the molecule is CCn1cnnc1CNCCOc1ccccc1. The van der Waals surface area contributed by atoms with E-state index < -0.39 is 0 Å². The van der Waals surface area contributed by atoms with Crippen molar-refractivity contribution in [2.24, 2.45) is 0 Å². The van der Waals surface area contributed by atoms with Crippen molar-refractivity contribution < 1.29 is 4.74 Å². The van der Waals surface area contributed by atoms with Gasteiger partial charge in [0.25, 0.3) is 0 Å². The number of aryl methyl sites for hydroxylation is 1. The Morgan fingerprint density at radius 1 is 1.28 bits per heavy atom. The van der Waals surface area contributed by atoms with Gasteiger partial charge in [0.15, 0.2) is 0 Å². The first kappa shape index (κ1) is 12.6. The maximum absolute atomic E-state index is 5.58. The molecule has 1 aromatic carbocycles. The number of nitrogens with zero attached hydrogens (tertiary/aromatic N) is 3. The van der Waals surface area contributed by atoms with Crippen LogP contribution in [0.1, 0.15) is 12.7 Å². The van der Waals surface area contributed by atoms with Gasteiger partial charge in [-0.15, -0.1) is 10.2 Å². The maximum atomic E-state index is 5.58. The van der Waals surface area contributed by atoms with Gasteiger partial charge in [-0.3, -0.25) is 0 Å². The lowest BCUT2D eigenvalue weighted by atomic mass is 10.3. The van der Waals surface area contributed by atoms with Crippen LogP contribution in [0, 0.1) is 0 Å². The maximum Gasteiger partial charge on any atom is 0.146 e. The standard InChI is InChI=1S/C13H18N4O/c1-2-17-11-15-16-13(17)10-14-8-9-18-12-6-4-3-5-7-12/h3-7,11,14H,2,8-10H2,1H3. The molecule has 1 N–H and O–H groups in total. The highest BCUT2D eigenvalue weighted by atomic mass is 16.5. The van der Waals surface area contributed by atoms with Crippen LogP contribution in [-0.2, 0) is 13.1 Å². The van der Waals surface area contributed by atoms with Crippen LogP contribution in [0.2, 0.25) is 0 Å². The molecule has 0 amide bonds. The molecule has 18 heavy (non-hydrogen) atoms. The van der Waals surface area contributed by atoms with E-state index in [0.717, 1.165) is 24.7 Å². The largest absolute Gasteiger partial charge is 0.492 e. The topological polar surface area (TPSA) is 52.0 Å². The molecule has 0 saturated heterocycles. The summed E-state index contributed by atoms with van der Waals surface area (Å²) in [5, 5.41) is 11.2. The normalized spacial score (nSPS) is 10.5. The molecule has 0 atom stereocenters. The highest BCUT2D eigenvalue weighted by Gasteiger charge is 2.01. The van der Waals surface area contributed by atoms with E-state index in [4.69, 9.17) is 4.74 Å². The fraction of sp³-hybridized carbons (Fsp3) is 0.385. The molecule has 0 aliphatic carbocycles. The van der Waals surface area contributed by atoms with E-state index in [1.54, 1.807) is 6.33 Å². The summed E-state index contributed by atoms with van der Waals surface area (Å²) in [6.07, 6.45) is 1.75. The van der Waals surface area contributed by atoms with Crippen LogP contribution in [0.5, 0.6) is 5.75 Å². The lowest BCUT2D eigenvalue weighted by Gasteiger charge is -2.07. The first-order valence-corrected chi connectivity index (χ1v) is 6.15. The second kappa shape index (κ2) is 6.76. The van der Waals surface area contributed by atoms with Crippen molar-refractivity contribution >= 4 is 0 Å². The zero-order valence-electron chi connectivity index (χ0n) is 10.5. The lowest BCUT2D eigenvalue weighted by Crippen LogP contribution is -2.22. The molecular formula is C13H18N4O. The van der Waals surface area contributed by atoms with E-state index in [1.165, 1.54) is 0 Å². The average molecular weight is 246 g/mol. The van der Waals surface area contributed by atoms with Crippen molar-refractivity contribution in [2.45, 2.75) is 20.0 Å². The molecule has 1 aromatic heterocycles. The minimum absolute atomic E-state index is 0.643. The van der Waals surface area contributed by atoms with Crippen molar-refractivity contribution in [3.8, 4) is 5.75 Å². The van der Waals surface area contributed by atoms with Gasteiger partial charge in [-0.1, -0.05) is 18.2 Å². The first-order chi connectivity index (χ1) is 8.90. The summed E-state index contributed by atoms with van der Waals surface area (Å²) < 4.78 is 7.60. The summed E-state index contributed by atoms with van der Waals surface area (Å²) in [5.74, 6) is 1.85. The second-order valence-corrected chi connectivity index (χ2v) is 3.87. The van der Waals surface area contributed by atoms with Crippen molar-refractivity contribution in [1.29, 1.82) is 0 Å². The van der Waals surface area contributed by atoms with Gasteiger partial charge in [0.05, 0.1) is 6.54 Å². The van der Waals surface area contributed by atoms with Crippen LogP contribution in [0.25, 0.3) is 0 Å². The molecule has 0 fully saturated rings.